The molecule has 11 nitrogen and oxygen atoms in total. The van der Waals surface area contributed by atoms with E-state index in [4.69, 9.17) is 16.2 Å². The zero-order valence-corrected chi connectivity index (χ0v) is 14.8. The lowest BCUT2D eigenvalue weighted by atomic mass is 10.2. The highest BCUT2D eigenvalue weighted by Crippen LogP contribution is 2.13. The number of carboxylic acids is 1. The van der Waals surface area contributed by atoms with Crippen molar-refractivity contribution in [3.05, 3.63) is 41.3 Å². The molecule has 1 aliphatic heterocycles. The number of aliphatic hydroxyl groups is 1. The van der Waals surface area contributed by atoms with Gasteiger partial charge in [-0.1, -0.05) is 0 Å². The van der Waals surface area contributed by atoms with Crippen LogP contribution in [0.5, 0.6) is 0 Å². The SMILES string of the molecule is N=C1N=C(N)CC(O)=C1NC(=O)Nc1ccc(C(=O)NCCCC(=O)O)cc1. The molecule has 1 aromatic carbocycles. The van der Waals surface area contributed by atoms with Gasteiger partial charge < -0.3 is 31.9 Å². The summed E-state index contributed by atoms with van der Waals surface area (Å²) in [5.74, 6) is -1.83. The number of urea groups is 1. The molecule has 1 aromatic rings. The monoisotopic (exact) mass is 388 g/mol. The molecule has 0 aliphatic carbocycles. The standard InChI is InChI=1S/C17H20N6O5/c18-12-8-11(24)14(15(19)22-12)23-17(28)21-10-5-3-9(4-6-10)16(27)20-7-1-2-13(25)26/h3-6,24H,1-2,7-8H2,(H,20,27)(H,25,26)(H3,18,19,22)(H2,21,23,28). The maximum Gasteiger partial charge on any atom is 0.323 e. The fraction of sp³-hybridized carbons (Fsp3) is 0.235. The van der Waals surface area contributed by atoms with Gasteiger partial charge in [-0.15, -0.1) is 0 Å². The number of nitrogens with two attached hydrogens (primary N) is 1. The van der Waals surface area contributed by atoms with Gasteiger partial charge in [0.05, 0.1) is 6.42 Å². The summed E-state index contributed by atoms with van der Waals surface area (Å²) in [4.78, 5) is 38.1. The number of benzene rings is 1. The van der Waals surface area contributed by atoms with Crippen molar-refractivity contribution in [2.45, 2.75) is 19.3 Å². The summed E-state index contributed by atoms with van der Waals surface area (Å²) in [7, 11) is 0. The van der Waals surface area contributed by atoms with Crippen molar-refractivity contribution in [2.75, 3.05) is 11.9 Å². The number of carboxylic acid groups (broad SMARTS) is 1. The molecule has 0 aromatic heterocycles. The third-order valence-corrected chi connectivity index (χ3v) is 3.63. The molecule has 1 aliphatic rings. The predicted molar refractivity (Wildman–Crippen MR) is 101 cm³/mol. The minimum atomic E-state index is -0.925. The van der Waals surface area contributed by atoms with Crippen molar-refractivity contribution in [3.8, 4) is 0 Å². The van der Waals surface area contributed by atoms with Crippen LogP contribution < -0.4 is 21.7 Å². The molecule has 1 heterocycles. The van der Waals surface area contributed by atoms with Crippen molar-refractivity contribution >= 4 is 35.3 Å². The zero-order valence-electron chi connectivity index (χ0n) is 14.8. The Morgan fingerprint density at radius 2 is 1.86 bits per heavy atom. The first kappa shape index (κ1) is 20.4. The van der Waals surface area contributed by atoms with Crippen LogP contribution in [0.2, 0.25) is 0 Å². The Hall–Kier alpha value is -3.89. The molecule has 0 fully saturated rings. The van der Waals surface area contributed by atoms with Crippen molar-refractivity contribution in [1.29, 1.82) is 5.41 Å². The van der Waals surface area contributed by atoms with Crippen LogP contribution in [0.1, 0.15) is 29.6 Å². The highest BCUT2D eigenvalue weighted by molar-refractivity contribution is 6.10. The minimum Gasteiger partial charge on any atom is -0.510 e. The summed E-state index contributed by atoms with van der Waals surface area (Å²) < 4.78 is 0. The number of nitrogens with zero attached hydrogens (tertiary/aromatic N) is 1. The van der Waals surface area contributed by atoms with Crippen LogP contribution in [0.15, 0.2) is 40.7 Å². The number of rotatable bonds is 7. The predicted octanol–water partition coefficient (Wildman–Crippen LogP) is 0.910. The molecule has 148 valence electrons. The summed E-state index contributed by atoms with van der Waals surface area (Å²) in [6.45, 7) is 0.241. The average Bonchev–Trinajstić information content (AvgIpc) is 2.62. The molecule has 28 heavy (non-hydrogen) atoms. The number of amidine groups is 2. The topological polar surface area (TPSA) is 190 Å². The van der Waals surface area contributed by atoms with Crippen molar-refractivity contribution in [1.82, 2.24) is 10.6 Å². The first-order valence-corrected chi connectivity index (χ1v) is 8.28. The summed E-state index contributed by atoms with van der Waals surface area (Å²) in [5, 5.41) is 33.4. The molecule has 0 spiro atoms. The van der Waals surface area contributed by atoms with Gasteiger partial charge in [-0.05, 0) is 30.7 Å². The quantitative estimate of drug-likeness (QED) is 0.340. The number of aliphatic imine (C=N–C) groups is 1. The molecule has 0 radical (unpaired) electrons. The number of anilines is 1. The first-order valence-electron chi connectivity index (χ1n) is 8.28. The zero-order chi connectivity index (χ0) is 20.7. The van der Waals surface area contributed by atoms with E-state index >= 15 is 0 Å². The first-order chi connectivity index (χ1) is 13.3. The summed E-state index contributed by atoms with van der Waals surface area (Å²) in [6, 6.07) is 5.29. The number of carbonyl (C=O) groups is 3. The third-order valence-electron chi connectivity index (χ3n) is 3.63. The molecule has 2 rings (SSSR count). The molecular formula is C17H20N6O5. The number of carbonyl (C=O) groups excluding carboxylic acids is 2. The van der Waals surface area contributed by atoms with E-state index in [2.05, 4.69) is 20.9 Å². The van der Waals surface area contributed by atoms with E-state index in [0.29, 0.717) is 17.7 Å². The Morgan fingerprint density at radius 1 is 1.18 bits per heavy atom. The summed E-state index contributed by atoms with van der Waals surface area (Å²) in [5.41, 5.74) is 6.04. The van der Waals surface area contributed by atoms with Gasteiger partial charge in [0.1, 0.15) is 17.3 Å². The summed E-state index contributed by atoms with van der Waals surface area (Å²) >= 11 is 0. The molecule has 8 N–H and O–H groups in total. The number of dihydropyridines is 1. The Balaban J connectivity index is 1.87. The van der Waals surface area contributed by atoms with Gasteiger partial charge in [0.25, 0.3) is 5.91 Å². The van der Waals surface area contributed by atoms with E-state index in [-0.39, 0.29) is 48.4 Å². The maximum atomic E-state index is 12.0. The Labute approximate surface area is 159 Å². The Bertz CT molecular complexity index is 859. The minimum absolute atomic E-state index is 0.0282. The average molecular weight is 388 g/mol. The molecule has 0 saturated heterocycles. The van der Waals surface area contributed by atoms with Gasteiger partial charge in [0.2, 0.25) is 0 Å². The van der Waals surface area contributed by atoms with Gasteiger partial charge in [-0.25, -0.2) is 9.79 Å². The van der Waals surface area contributed by atoms with Crippen LogP contribution in [0.25, 0.3) is 0 Å². The lowest BCUT2D eigenvalue weighted by Gasteiger charge is -2.16. The molecular weight excluding hydrogens is 368 g/mol. The molecule has 11 heteroatoms. The van der Waals surface area contributed by atoms with Gasteiger partial charge in [-0.3, -0.25) is 15.0 Å². The molecule has 0 bridgehead atoms. The lowest BCUT2D eigenvalue weighted by Crippen LogP contribution is -2.35. The van der Waals surface area contributed by atoms with Crippen LogP contribution in [-0.2, 0) is 4.79 Å². The fourth-order valence-corrected chi connectivity index (χ4v) is 2.29. The number of aliphatic hydroxyl groups excluding tert-OH is 1. The smallest absolute Gasteiger partial charge is 0.323 e. The number of hydrogen-bond donors (Lipinski definition) is 7. The second kappa shape index (κ2) is 9.16. The Morgan fingerprint density at radius 3 is 2.46 bits per heavy atom. The van der Waals surface area contributed by atoms with E-state index in [9.17, 15) is 19.5 Å². The number of nitrogens with one attached hydrogen (secondary N) is 4. The van der Waals surface area contributed by atoms with Crippen LogP contribution in [-0.4, -0.2) is 46.3 Å². The number of aliphatic carboxylic acids is 1. The van der Waals surface area contributed by atoms with Crippen LogP contribution in [0, 0.1) is 5.41 Å². The van der Waals surface area contributed by atoms with Crippen LogP contribution in [0.4, 0.5) is 10.5 Å². The molecule has 0 unspecified atom stereocenters. The Kier molecular flexibility index (Phi) is 6.68. The van der Waals surface area contributed by atoms with Gasteiger partial charge in [0, 0.05) is 24.2 Å². The normalized spacial score (nSPS) is 13.6. The molecule has 0 saturated carbocycles. The van der Waals surface area contributed by atoms with Crippen molar-refractivity contribution < 1.29 is 24.6 Å². The van der Waals surface area contributed by atoms with Crippen molar-refractivity contribution in [2.24, 2.45) is 10.7 Å². The second-order valence-electron chi connectivity index (χ2n) is 5.86. The van der Waals surface area contributed by atoms with E-state index < -0.39 is 12.0 Å². The second-order valence-corrected chi connectivity index (χ2v) is 5.86. The highest BCUT2D eigenvalue weighted by atomic mass is 16.4. The van der Waals surface area contributed by atoms with E-state index in [0.717, 1.165) is 0 Å². The van der Waals surface area contributed by atoms with Gasteiger partial charge in [0.15, 0.2) is 5.84 Å². The van der Waals surface area contributed by atoms with Crippen LogP contribution in [0.3, 0.4) is 0 Å². The largest absolute Gasteiger partial charge is 0.510 e. The van der Waals surface area contributed by atoms with E-state index in [1.54, 1.807) is 0 Å². The van der Waals surface area contributed by atoms with Crippen molar-refractivity contribution in [3.63, 3.8) is 0 Å². The number of hydrogen-bond acceptors (Lipinski definition) is 6. The van der Waals surface area contributed by atoms with Crippen LogP contribution >= 0.6 is 0 Å². The highest BCUT2D eigenvalue weighted by Gasteiger charge is 2.20. The molecule has 0 atom stereocenters. The lowest BCUT2D eigenvalue weighted by molar-refractivity contribution is -0.137. The van der Waals surface area contributed by atoms with E-state index in [1.807, 2.05) is 0 Å². The van der Waals surface area contributed by atoms with Gasteiger partial charge in [-0.2, -0.15) is 0 Å². The summed E-state index contributed by atoms with van der Waals surface area (Å²) in [6.07, 6.45) is 0.238. The number of amides is 3. The fourth-order valence-electron chi connectivity index (χ4n) is 2.29. The van der Waals surface area contributed by atoms with E-state index in [1.165, 1.54) is 24.3 Å². The van der Waals surface area contributed by atoms with Gasteiger partial charge >= 0.3 is 12.0 Å². The maximum absolute atomic E-state index is 12.0. The molecule has 3 amide bonds. The third kappa shape index (κ3) is 5.83.